The normalized spacial score (nSPS) is 15.0. The summed E-state index contributed by atoms with van der Waals surface area (Å²) in [5.41, 5.74) is 2.37. The summed E-state index contributed by atoms with van der Waals surface area (Å²) in [5.74, 6) is -0.558. The second-order valence-corrected chi connectivity index (χ2v) is 10.8. The van der Waals surface area contributed by atoms with Gasteiger partial charge in [0.05, 0.1) is 22.7 Å². The minimum Gasteiger partial charge on any atom is -0.376 e. The zero-order valence-corrected chi connectivity index (χ0v) is 22.7. The van der Waals surface area contributed by atoms with Gasteiger partial charge >= 0.3 is 6.03 Å². The molecule has 1 aliphatic rings. The van der Waals surface area contributed by atoms with Gasteiger partial charge in [-0.2, -0.15) is 0 Å². The molecule has 3 amide bonds. The average Bonchev–Trinajstić information content (AvgIpc) is 3.53. The Morgan fingerprint density at radius 1 is 1.08 bits per heavy atom. The molecule has 1 saturated heterocycles. The molecule has 0 spiro atoms. The van der Waals surface area contributed by atoms with Crippen LogP contribution in [-0.4, -0.2) is 47.5 Å². The van der Waals surface area contributed by atoms with Crippen LogP contribution in [0.3, 0.4) is 0 Å². The highest BCUT2D eigenvalue weighted by atomic mass is 35.5. The molecule has 3 aromatic rings. The highest BCUT2D eigenvalue weighted by Gasteiger charge is 2.27. The van der Waals surface area contributed by atoms with Crippen molar-refractivity contribution < 1.29 is 18.7 Å². The number of ether oxygens (including phenoxy) is 1. The number of urea groups is 1. The van der Waals surface area contributed by atoms with Crippen molar-refractivity contribution in [3.05, 3.63) is 85.8 Å². The molecule has 2 aromatic carbocycles. The largest absolute Gasteiger partial charge is 0.376 e. The lowest BCUT2D eigenvalue weighted by Crippen LogP contribution is -2.46. The molecular weight excluding hydrogens is 536 g/mol. The summed E-state index contributed by atoms with van der Waals surface area (Å²) in [4.78, 5) is 31.2. The lowest BCUT2D eigenvalue weighted by Gasteiger charge is -2.29. The van der Waals surface area contributed by atoms with E-state index in [1.54, 1.807) is 46.6 Å². The molecule has 0 unspecified atom stereocenters. The summed E-state index contributed by atoms with van der Waals surface area (Å²) >= 11 is 13.7. The Morgan fingerprint density at radius 2 is 1.86 bits per heavy atom. The van der Waals surface area contributed by atoms with Gasteiger partial charge < -0.3 is 19.9 Å². The van der Waals surface area contributed by atoms with Crippen LogP contribution in [0.2, 0.25) is 10.0 Å². The van der Waals surface area contributed by atoms with Gasteiger partial charge in [0.25, 0.3) is 0 Å². The standard InChI is InChI=1S/C27H28Cl2FN3O3S/c1-18-10-12-37-25(18)16-32(14-19-4-6-20(30)7-5-19)26(34)17-33(15-22-3-2-11-36-22)27(35)31-21-8-9-23(28)24(29)13-21/h4-10,12-13,22H,2-3,11,14-17H2,1H3,(H,31,35)/t22-/m1/s1. The fourth-order valence-corrected chi connectivity index (χ4v) is 5.29. The van der Waals surface area contributed by atoms with Crippen molar-refractivity contribution in [1.82, 2.24) is 9.80 Å². The number of thiophene rings is 1. The maximum atomic E-state index is 13.6. The van der Waals surface area contributed by atoms with Gasteiger partial charge in [0.1, 0.15) is 12.4 Å². The molecule has 0 aliphatic carbocycles. The number of hydrogen-bond acceptors (Lipinski definition) is 4. The van der Waals surface area contributed by atoms with Crippen LogP contribution < -0.4 is 5.32 Å². The molecule has 1 aliphatic heterocycles. The zero-order valence-electron chi connectivity index (χ0n) is 20.4. The van der Waals surface area contributed by atoms with E-state index in [0.717, 1.165) is 28.8 Å². The van der Waals surface area contributed by atoms with Crippen LogP contribution in [0.25, 0.3) is 0 Å². The topological polar surface area (TPSA) is 61.9 Å². The van der Waals surface area contributed by atoms with Crippen LogP contribution in [0.15, 0.2) is 53.9 Å². The van der Waals surface area contributed by atoms with Crippen molar-refractivity contribution in [3.8, 4) is 0 Å². The number of nitrogens with zero attached hydrogens (tertiary/aromatic N) is 2. The SMILES string of the molecule is Cc1ccsc1CN(Cc1ccc(F)cc1)C(=O)CN(C[C@H]1CCCO1)C(=O)Nc1ccc(Cl)c(Cl)c1. The van der Waals surface area contributed by atoms with Gasteiger partial charge in [-0.1, -0.05) is 35.3 Å². The third-order valence-corrected chi connectivity index (χ3v) is 7.92. The smallest absolute Gasteiger partial charge is 0.322 e. The molecule has 0 radical (unpaired) electrons. The number of amides is 3. The summed E-state index contributed by atoms with van der Waals surface area (Å²) in [5, 5.41) is 5.50. The second-order valence-electron chi connectivity index (χ2n) is 8.98. The minimum atomic E-state index is -0.434. The van der Waals surface area contributed by atoms with Crippen LogP contribution in [0, 0.1) is 12.7 Å². The number of carbonyl (C=O) groups excluding carboxylic acids is 2. The van der Waals surface area contributed by atoms with E-state index in [1.165, 1.54) is 17.0 Å². The lowest BCUT2D eigenvalue weighted by atomic mass is 10.2. The zero-order chi connectivity index (χ0) is 26.4. The average molecular weight is 565 g/mol. The summed E-state index contributed by atoms with van der Waals surface area (Å²) in [6.07, 6.45) is 1.59. The monoisotopic (exact) mass is 563 g/mol. The van der Waals surface area contributed by atoms with Gasteiger partial charge in [-0.3, -0.25) is 4.79 Å². The molecule has 0 bridgehead atoms. The van der Waals surface area contributed by atoms with E-state index in [1.807, 2.05) is 18.4 Å². The van der Waals surface area contributed by atoms with E-state index < -0.39 is 6.03 Å². The molecule has 6 nitrogen and oxygen atoms in total. The Bertz CT molecular complexity index is 1230. The molecule has 37 heavy (non-hydrogen) atoms. The Hall–Kier alpha value is -2.65. The van der Waals surface area contributed by atoms with Gasteiger partial charge in [-0.25, -0.2) is 9.18 Å². The third kappa shape index (κ3) is 7.68. The number of anilines is 1. The summed E-state index contributed by atoms with van der Waals surface area (Å²) in [6, 6.07) is 12.5. The molecule has 1 atom stereocenters. The van der Waals surface area contributed by atoms with Crippen LogP contribution in [-0.2, 0) is 22.6 Å². The predicted molar refractivity (Wildman–Crippen MR) is 146 cm³/mol. The lowest BCUT2D eigenvalue weighted by molar-refractivity contribution is -0.133. The number of carbonyl (C=O) groups is 2. The molecule has 0 saturated carbocycles. The maximum Gasteiger partial charge on any atom is 0.322 e. The van der Waals surface area contributed by atoms with Crippen LogP contribution in [0.5, 0.6) is 0 Å². The predicted octanol–water partition coefficient (Wildman–Crippen LogP) is 6.74. The van der Waals surface area contributed by atoms with E-state index in [4.69, 9.17) is 27.9 Å². The summed E-state index contributed by atoms with van der Waals surface area (Å²) < 4.78 is 19.2. The van der Waals surface area contributed by atoms with Crippen molar-refractivity contribution in [2.45, 2.75) is 39.0 Å². The van der Waals surface area contributed by atoms with Crippen molar-refractivity contribution in [2.24, 2.45) is 0 Å². The van der Waals surface area contributed by atoms with Crippen molar-refractivity contribution >= 4 is 52.2 Å². The molecule has 1 fully saturated rings. The summed E-state index contributed by atoms with van der Waals surface area (Å²) in [6.45, 7) is 3.45. The van der Waals surface area contributed by atoms with Gasteiger partial charge in [-0.05, 0) is 72.7 Å². The third-order valence-electron chi connectivity index (χ3n) is 6.17. The number of rotatable bonds is 9. The Balaban J connectivity index is 1.53. The molecule has 196 valence electrons. The minimum absolute atomic E-state index is 0.140. The van der Waals surface area contributed by atoms with E-state index in [9.17, 15) is 14.0 Å². The molecule has 1 N–H and O–H groups in total. The summed E-state index contributed by atoms with van der Waals surface area (Å²) in [7, 11) is 0. The van der Waals surface area contributed by atoms with Gasteiger partial charge in [-0.15, -0.1) is 11.3 Å². The van der Waals surface area contributed by atoms with Gasteiger partial charge in [0, 0.05) is 30.3 Å². The number of halogens is 3. The van der Waals surface area contributed by atoms with Gasteiger partial charge in [0.15, 0.2) is 0 Å². The Morgan fingerprint density at radius 3 is 2.51 bits per heavy atom. The molecule has 1 aromatic heterocycles. The van der Waals surface area contributed by atoms with Crippen LogP contribution in [0.4, 0.5) is 14.9 Å². The van der Waals surface area contributed by atoms with E-state index >= 15 is 0 Å². The maximum absolute atomic E-state index is 13.6. The first-order valence-electron chi connectivity index (χ1n) is 12.0. The van der Waals surface area contributed by atoms with Gasteiger partial charge in [0.2, 0.25) is 5.91 Å². The number of nitrogens with one attached hydrogen (secondary N) is 1. The Kier molecular flexibility index (Phi) is 9.43. The van der Waals surface area contributed by atoms with E-state index in [0.29, 0.717) is 35.4 Å². The number of benzene rings is 2. The quantitative estimate of drug-likeness (QED) is 0.313. The fraction of sp³-hybridized carbons (Fsp3) is 0.333. The first-order chi connectivity index (χ1) is 17.8. The molecule has 2 heterocycles. The molecule has 4 rings (SSSR count). The van der Waals surface area contributed by atoms with Crippen molar-refractivity contribution in [2.75, 3.05) is 25.0 Å². The highest BCUT2D eigenvalue weighted by Crippen LogP contribution is 2.26. The first-order valence-corrected chi connectivity index (χ1v) is 13.6. The number of aryl methyl sites for hydroxylation is 1. The van der Waals surface area contributed by atoms with Crippen LogP contribution in [0.1, 0.15) is 28.8 Å². The molecule has 10 heteroatoms. The van der Waals surface area contributed by atoms with Crippen molar-refractivity contribution in [1.29, 1.82) is 0 Å². The Labute approximate surface area is 229 Å². The fourth-order valence-electron chi connectivity index (χ4n) is 4.07. The second kappa shape index (κ2) is 12.7. The highest BCUT2D eigenvalue weighted by molar-refractivity contribution is 7.10. The number of hydrogen-bond donors (Lipinski definition) is 1. The van der Waals surface area contributed by atoms with Crippen LogP contribution >= 0.6 is 34.5 Å². The van der Waals surface area contributed by atoms with Crippen molar-refractivity contribution in [3.63, 3.8) is 0 Å². The van der Waals surface area contributed by atoms with E-state index in [-0.39, 0.29) is 30.9 Å². The van der Waals surface area contributed by atoms with E-state index in [2.05, 4.69) is 5.32 Å². The molecular formula is C27H28Cl2FN3O3S. The first kappa shape index (κ1) is 27.4.